The monoisotopic (exact) mass is 239 g/mol. The number of rotatable bonds is 1. The zero-order valence-electron chi connectivity index (χ0n) is 11.1. The van der Waals surface area contributed by atoms with Gasteiger partial charge in [0.25, 0.3) is 0 Å². The zero-order valence-corrected chi connectivity index (χ0v) is 11.1. The van der Waals surface area contributed by atoms with Crippen molar-refractivity contribution in [2.75, 3.05) is 26.2 Å². The van der Waals surface area contributed by atoms with Crippen molar-refractivity contribution in [2.24, 2.45) is 0 Å². The van der Waals surface area contributed by atoms with Crippen molar-refractivity contribution in [1.29, 1.82) is 5.26 Å². The second-order valence-corrected chi connectivity index (χ2v) is 5.21. The fourth-order valence-corrected chi connectivity index (χ4v) is 1.78. The van der Waals surface area contributed by atoms with E-state index in [0.29, 0.717) is 13.1 Å². The van der Waals surface area contributed by atoms with Crippen LogP contribution in [0.3, 0.4) is 0 Å². The molecular weight excluding hydrogens is 218 g/mol. The highest BCUT2D eigenvalue weighted by atomic mass is 16.6. The Bertz CT molecular complexity index is 317. The van der Waals surface area contributed by atoms with E-state index in [1.165, 1.54) is 4.90 Å². The van der Waals surface area contributed by atoms with E-state index in [1.807, 2.05) is 20.8 Å². The molecule has 0 bridgehead atoms. The van der Waals surface area contributed by atoms with Gasteiger partial charge in [-0.2, -0.15) is 5.26 Å². The summed E-state index contributed by atoms with van der Waals surface area (Å²) in [6.45, 7) is 10.4. The summed E-state index contributed by atoms with van der Waals surface area (Å²) in [5.74, 6) is 0. The third kappa shape index (κ3) is 3.90. The second kappa shape index (κ2) is 5.37. The predicted octanol–water partition coefficient (Wildman–Crippen LogP) is 1.45. The molecule has 5 heteroatoms. The van der Waals surface area contributed by atoms with Gasteiger partial charge in [-0.1, -0.05) is 6.92 Å². The molecule has 0 aromatic carbocycles. The Morgan fingerprint density at radius 3 is 2.59 bits per heavy atom. The molecule has 1 atom stereocenters. The van der Waals surface area contributed by atoms with E-state index in [4.69, 9.17) is 10.00 Å². The van der Waals surface area contributed by atoms with Gasteiger partial charge in [-0.15, -0.1) is 0 Å². The largest absolute Gasteiger partial charge is 0.444 e. The Hall–Kier alpha value is -1.28. The molecule has 0 aromatic heterocycles. The average Bonchev–Trinajstić information content (AvgIpc) is 2.25. The van der Waals surface area contributed by atoms with Crippen molar-refractivity contribution in [3.8, 4) is 6.07 Å². The van der Waals surface area contributed by atoms with Gasteiger partial charge in [-0.25, -0.2) is 4.79 Å². The molecule has 0 unspecified atom stereocenters. The van der Waals surface area contributed by atoms with Crippen LogP contribution in [0, 0.1) is 11.3 Å². The van der Waals surface area contributed by atoms with Gasteiger partial charge in [0.15, 0.2) is 0 Å². The number of ether oxygens (including phenoxy) is 1. The lowest BCUT2D eigenvalue weighted by molar-refractivity contribution is 0.00691. The molecular formula is C12H21N3O2. The fraction of sp³-hybridized carbons (Fsp3) is 0.833. The van der Waals surface area contributed by atoms with Gasteiger partial charge < -0.3 is 4.74 Å². The van der Waals surface area contributed by atoms with E-state index in [9.17, 15) is 4.79 Å². The van der Waals surface area contributed by atoms with Crippen LogP contribution >= 0.6 is 0 Å². The third-order valence-electron chi connectivity index (χ3n) is 2.69. The van der Waals surface area contributed by atoms with Gasteiger partial charge >= 0.3 is 6.09 Å². The molecule has 1 amide bonds. The molecule has 1 aliphatic heterocycles. The lowest BCUT2D eigenvalue weighted by Crippen LogP contribution is -2.55. The van der Waals surface area contributed by atoms with Gasteiger partial charge in [0.1, 0.15) is 11.6 Å². The maximum Gasteiger partial charge on any atom is 0.411 e. The molecule has 0 saturated carbocycles. The number of hydrogen-bond donors (Lipinski definition) is 0. The van der Waals surface area contributed by atoms with Crippen LogP contribution in [-0.4, -0.2) is 53.7 Å². The minimum atomic E-state index is -0.515. The van der Waals surface area contributed by atoms with Crippen molar-refractivity contribution in [1.82, 2.24) is 9.80 Å². The van der Waals surface area contributed by atoms with Crippen LogP contribution in [0.4, 0.5) is 4.79 Å². The van der Waals surface area contributed by atoms with Crippen LogP contribution in [0.15, 0.2) is 0 Å². The van der Waals surface area contributed by atoms with E-state index in [1.54, 1.807) is 0 Å². The highest BCUT2D eigenvalue weighted by Crippen LogP contribution is 2.15. The number of carbonyl (C=O) groups excluding carboxylic acids is 1. The Kier molecular flexibility index (Phi) is 4.35. The Morgan fingerprint density at radius 1 is 1.47 bits per heavy atom. The summed E-state index contributed by atoms with van der Waals surface area (Å²) in [4.78, 5) is 15.6. The quantitative estimate of drug-likeness (QED) is 0.695. The first-order chi connectivity index (χ1) is 7.87. The first-order valence-corrected chi connectivity index (χ1v) is 5.99. The van der Waals surface area contributed by atoms with Gasteiger partial charge in [-0.05, 0) is 27.3 Å². The van der Waals surface area contributed by atoms with Crippen LogP contribution in [-0.2, 0) is 4.74 Å². The average molecular weight is 239 g/mol. The lowest BCUT2D eigenvalue weighted by atomic mass is 10.2. The first kappa shape index (κ1) is 13.8. The van der Waals surface area contributed by atoms with E-state index in [-0.39, 0.29) is 6.09 Å². The summed E-state index contributed by atoms with van der Waals surface area (Å²) >= 11 is 0. The highest BCUT2D eigenvalue weighted by Gasteiger charge is 2.32. The van der Waals surface area contributed by atoms with Crippen LogP contribution in [0.2, 0.25) is 0 Å². The molecule has 0 radical (unpaired) electrons. The molecule has 1 fully saturated rings. The van der Waals surface area contributed by atoms with Crippen molar-refractivity contribution >= 4 is 6.09 Å². The van der Waals surface area contributed by atoms with Crippen LogP contribution < -0.4 is 0 Å². The maximum atomic E-state index is 11.9. The van der Waals surface area contributed by atoms with Crippen molar-refractivity contribution < 1.29 is 9.53 Å². The molecule has 1 saturated heterocycles. The maximum absolute atomic E-state index is 11.9. The molecule has 5 nitrogen and oxygen atoms in total. The predicted molar refractivity (Wildman–Crippen MR) is 64.5 cm³/mol. The number of amides is 1. The number of hydrogen-bond acceptors (Lipinski definition) is 4. The molecule has 17 heavy (non-hydrogen) atoms. The van der Waals surface area contributed by atoms with E-state index >= 15 is 0 Å². The number of nitrogens with zero attached hydrogens (tertiary/aromatic N) is 3. The van der Waals surface area contributed by atoms with Gasteiger partial charge in [-0.3, -0.25) is 9.80 Å². The third-order valence-corrected chi connectivity index (χ3v) is 2.69. The molecule has 0 N–H and O–H groups in total. The smallest absolute Gasteiger partial charge is 0.411 e. The minimum Gasteiger partial charge on any atom is -0.444 e. The normalized spacial score (nSPS) is 22.1. The summed E-state index contributed by atoms with van der Waals surface area (Å²) in [5, 5.41) is 9.10. The first-order valence-electron chi connectivity index (χ1n) is 5.99. The van der Waals surface area contributed by atoms with Crippen LogP contribution in [0.25, 0.3) is 0 Å². The summed E-state index contributed by atoms with van der Waals surface area (Å²) in [6.07, 6.45) is -0.389. The molecule has 0 aliphatic carbocycles. The molecule has 1 heterocycles. The van der Waals surface area contributed by atoms with Gasteiger partial charge in [0.05, 0.1) is 6.07 Å². The molecule has 0 spiro atoms. The summed E-state index contributed by atoms with van der Waals surface area (Å²) in [6, 6.07) is 1.76. The SMILES string of the molecule is CCN1CCN(C(=O)OC(C)(C)C)[C@@H](C#N)C1. The van der Waals surface area contributed by atoms with Gasteiger partial charge in [0.2, 0.25) is 0 Å². The number of carbonyl (C=O) groups is 1. The molecule has 0 aromatic rings. The number of nitriles is 1. The Morgan fingerprint density at radius 2 is 2.12 bits per heavy atom. The van der Waals surface area contributed by atoms with Crippen molar-refractivity contribution in [3.05, 3.63) is 0 Å². The van der Waals surface area contributed by atoms with E-state index < -0.39 is 11.6 Å². The number of likely N-dealkylation sites (N-methyl/N-ethyl adjacent to an activating group) is 1. The number of piperazine rings is 1. The van der Waals surface area contributed by atoms with E-state index in [0.717, 1.165) is 13.1 Å². The molecule has 1 aliphatic rings. The summed E-state index contributed by atoms with van der Waals surface area (Å²) < 4.78 is 5.30. The Balaban J connectivity index is 2.65. The minimum absolute atomic E-state index is 0.389. The van der Waals surface area contributed by atoms with Crippen molar-refractivity contribution in [2.45, 2.75) is 39.3 Å². The van der Waals surface area contributed by atoms with Gasteiger partial charge in [0, 0.05) is 19.6 Å². The second-order valence-electron chi connectivity index (χ2n) is 5.21. The molecule has 1 rings (SSSR count). The fourth-order valence-electron chi connectivity index (χ4n) is 1.78. The van der Waals surface area contributed by atoms with E-state index in [2.05, 4.69) is 17.9 Å². The zero-order chi connectivity index (χ0) is 13.1. The topological polar surface area (TPSA) is 56.6 Å². The molecule has 96 valence electrons. The van der Waals surface area contributed by atoms with Crippen molar-refractivity contribution in [3.63, 3.8) is 0 Å². The lowest BCUT2D eigenvalue weighted by Gasteiger charge is -2.38. The van der Waals surface area contributed by atoms with Crippen LogP contribution in [0.5, 0.6) is 0 Å². The Labute approximate surface area is 103 Å². The van der Waals surface area contributed by atoms with Crippen LogP contribution in [0.1, 0.15) is 27.7 Å². The summed E-state index contributed by atoms with van der Waals surface area (Å²) in [5.41, 5.74) is -0.515. The summed E-state index contributed by atoms with van der Waals surface area (Å²) in [7, 11) is 0. The standard InChI is InChI=1S/C12H21N3O2/c1-5-14-6-7-15(10(8-13)9-14)11(16)17-12(2,3)4/h10H,5-7,9H2,1-4H3/t10-/m0/s1. The highest BCUT2D eigenvalue weighted by molar-refractivity contribution is 5.69.